The van der Waals surface area contributed by atoms with Gasteiger partial charge in [-0.05, 0) is 19.2 Å². The van der Waals surface area contributed by atoms with Crippen LogP contribution >= 0.6 is 0 Å². The van der Waals surface area contributed by atoms with Crippen LogP contribution in [0.25, 0.3) is 0 Å². The van der Waals surface area contributed by atoms with Crippen molar-refractivity contribution in [3.8, 4) is 0 Å². The molecule has 0 atom stereocenters. The molecule has 0 fully saturated rings. The van der Waals surface area contributed by atoms with E-state index in [1.165, 1.54) is 0 Å². The van der Waals surface area contributed by atoms with Crippen LogP contribution in [0.3, 0.4) is 0 Å². The second-order valence-electron chi connectivity index (χ2n) is 3.31. The molecule has 0 aliphatic carbocycles. The molecule has 0 unspecified atom stereocenters. The van der Waals surface area contributed by atoms with Gasteiger partial charge in [-0.15, -0.1) is 0 Å². The number of rotatable bonds is 5. The molecule has 0 radical (unpaired) electrons. The third kappa shape index (κ3) is 3.36. The lowest BCUT2D eigenvalue weighted by Crippen LogP contribution is -2.21. The van der Waals surface area contributed by atoms with Crippen LogP contribution in [-0.2, 0) is 4.79 Å². The lowest BCUT2D eigenvalue weighted by Gasteiger charge is -2.08. The van der Waals surface area contributed by atoms with Gasteiger partial charge in [0.1, 0.15) is 0 Å². The van der Waals surface area contributed by atoms with Crippen molar-refractivity contribution in [1.82, 2.24) is 5.32 Å². The first-order valence-electron chi connectivity index (χ1n) is 4.98. The first kappa shape index (κ1) is 12.2. The SMILES string of the molecule is CNCCC(=O)Nc1ccccc1C(N)=O. The summed E-state index contributed by atoms with van der Waals surface area (Å²) in [6, 6.07) is 6.66. The minimum absolute atomic E-state index is 0.150. The van der Waals surface area contributed by atoms with Gasteiger partial charge in [0.15, 0.2) is 0 Å². The molecule has 5 heteroatoms. The number of primary amides is 1. The van der Waals surface area contributed by atoms with Gasteiger partial charge < -0.3 is 16.4 Å². The summed E-state index contributed by atoms with van der Waals surface area (Å²) < 4.78 is 0. The second kappa shape index (κ2) is 5.87. The molecule has 86 valence electrons. The number of benzene rings is 1. The van der Waals surface area contributed by atoms with E-state index in [4.69, 9.17) is 5.73 Å². The van der Waals surface area contributed by atoms with Crippen LogP contribution < -0.4 is 16.4 Å². The molecule has 1 aromatic rings. The molecule has 0 aromatic heterocycles. The molecule has 0 spiro atoms. The molecule has 0 saturated carbocycles. The Kier molecular flexibility index (Phi) is 4.47. The van der Waals surface area contributed by atoms with Crippen molar-refractivity contribution >= 4 is 17.5 Å². The fourth-order valence-electron chi connectivity index (χ4n) is 1.26. The number of anilines is 1. The van der Waals surface area contributed by atoms with Gasteiger partial charge >= 0.3 is 0 Å². The quantitative estimate of drug-likeness (QED) is 0.670. The molecule has 0 aliphatic heterocycles. The molecule has 0 saturated heterocycles. The predicted octanol–water partition coefficient (Wildman–Crippen LogP) is 0.333. The molecule has 1 rings (SSSR count). The lowest BCUT2D eigenvalue weighted by atomic mass is 10.1. The average molecular weight is 221 g/mol. The number of para-hydroxylation sites is 1. The van der Waals surface area contributed by atoms with E-state index < -0.39 is 5.91 Å². The monoisotopic (exact) mass is 221 g/mol. The highest BCUT2D eigenvalue weighted by Crippen LogP contribution is 2.14. The standard InChI is InChI=1S/C11H15N3O2/c1-13-7-6-10(15)14-9-5-3-2-4-8(9)11(12)16/h2-5,13H,6-7H2,1H3,(H2,12,16)(H,14,15). The number of nitrogens with two attached hydrogens (primary N) is 1. The van der Waals surface area contributed by atoms with Crippen molar-refractivity contribution in [3.63, 3.8) is 0 Å². The Labute approximate surface area is 94.0 Å². The number of carbonyl (C=O) groups excluding carboxylic acids is 2. The van der Waals surface area contributed by atoms with Gasteiger partial charge in [0, 0.05) is 13.0 Å². The summed E-state index contributed by atoms with van der Waals surface area (Å²) in [5.74, 6) is -0.701. The second-order valence-corrected chi connectivity index (χ2v) is 3.31. The Morgan fingerprint density at radius 2 is 2.00 bits per heavy atom. The summed E-state index contributed by atoms with van der Waals surface area (Å²) in [6.07, 6.45) is 0.351. The van der Waals surface area contributed by atoms with E-state index in [0.717, 1.165) is 0 Å². The van der Waals surface area contributed by atoms with E-state index in [0.29, 0.717) is 24.2 Å². The maximum Gasteiger partial charge on any atom is 0.250 e. The molecule has 16 heavy (non-hydrogen) atoms. The summed E-state index contributed by atoms with van der Waals surface area (Å²) in [6.45, 7) is 0.588. The molecule has 0 aliphatic rings. The lowest BCUT2D eigenvalue weighted by molar-refractivity contribution is -0.116. The molecule has 2 amide bonds. The third-order valence-corrected chi connectivity index (χ3v) is 2.07. The number of amides is 2. The van der Waals surface area contributed by atoms with Crippen LogP contribution in [0.4, 0.5) is 5.69 Å². The van der Waals surface area contributed by atoms with E-state index in [-0.39, 0.29) is 5.91 Å². The molecular formula is C11H15N3O2. The van der Waals surface area contributed by atoms with Gasteiger partial charge in [0.2, 0.25) is 5.91 Å². The number of nitrogens with one attached hydrogen (secondary N) is 2. The average Bonchev–Trinajstić information content (AvgIpc) is 2.27. The Balaban J connectivity index is 2.73. The van der Waals surface area contributed by atoms with Gasteiger partial charge in [-0.25, -0.2) is 0 Å². The predicted molar refractivity (Wildman–Crippen MR) is 62.1 cm³/mol. The van der Waals surface area contributed by atoms with Crippen LogP contribution in [0.1, 0.15) is 16.8 Å². The smallest absolute Gasteiger partial charge is 0.250 e. The van der Waals surface area contributed by atoms with Crippen molar-refractivity contribution in [3.05, 3.63) is 29.8 Å². The van der Waals surface area contributed by atoms with E-state index >= 15 is 0 Å². The van der Waals surface area contributed by atoms with E-state index in [1.807, 2.05) is 0 Å². The molecular weight excluding hydrogens is 206 g/mol. The van der Waals surface area contributed by atoms with Crippen molar-refractivity contribution in [2.75, 3.05) is 18.9 Å². The van der Waals surface area contributed by atoms with Gasteiger partial charge in [-0.2, -0.15) is 0 Å². The summed E-state index contributed by atoms with van der Waals surface area (Å²) >= 11 is 0. The van der Waals surface area contributed by atoms with Gasteiger partial charge in [-0.1, -0.05) is 12.1 Å². The zero-order valence-corrected chi connectivity index (χ0v) is 9.12. The Morgan fingerprint density at radius 1 is 1.31 bits per heavy atom. The largest absolute Gasteiger partial charge is 0.366 e. The van der Waals surface area contributed by atoms with Gasteiger partial charge in [-0.3, -0.25) is 9.59 Å². The van der Waals surface area contributed by atoms with Crippen molar-refractivity contribution < 1.29 is 9.59 Å². The van der Waals surface area contributed by atoms with Crippen LogP contribution in [0.15, 0.2) is 24.3 Å². The number of carbonyl (C=O) groups is 2. The number of hydrogen-bond acceptors (Lipinski definition) is 3. The first-order valence-corrected chi connectivity index (χ1v) is 4.98. The minimum Gasteiger partial charge on any atom is -0.366 e. The van der Waals surface area contributed by atoms with Crippen molar-refractivity contribution in [1.29, 1.82) is 0 Å². The zero-order chi connectivity index (χ0) is 12.0. The Bertz CT molecular complexity index is 391. The normalized spacial score (nSPS) is 9.81. The third-order valence-electron chi connectivity index (χ3n) is 2.07. The molecule has 1 aromatic carbocycles. The number of hydrogen-bond donors (Lipinski definition) is 3. The topological polar surface area (TPSA) is 84.2 Å². The molecule has 4 N–H and O–H groups in total. The van der Waals surface area contributed by atoms with Gasteiger partial charge in [0.25, 0.3) is 5.91 Å². The van der Waals surface area contributed by atoms with Crippen LogP contribution in [0, 0.1) is 0 Å². The van der Waals surface area contributed by atoms with Crippen LogP contribution in [0.2, 0.25) is 0 Å². The summed E-state index contributed by atoms with van der Waals surface area (Å²) in [4.78, 5) is 22.5. The van der Waals surface area contributed by atoms with Crippen LogP contribution in [-0.4, -0.2) is 25.4 Å². The first-order chi connectivity index (χ1) is 7.65. The fourth-order valence-corrected chi connectivity index (χ4v) is 1.26. The van der Waals surface area contributed by atoms with Crippen LogP contribution in [0.5, 0.6) is 0 Å². The highest BCUT2D eigenvalue weighted by Gasteiger charge is 2.09. The zero-order valence-electron chi connectivity index (χ0n) is 9.12. The van der Waals surface area contributed by atoms with E-state index in [2.05, 4.69) is 10.6 Å². The van der Waals surface area contributed by atoms with Crippen molar-refractivity contribution in [2.24, 2.45) is 5.73 Å². The van der Waals surface area contributed by atoms with E-state index in [9.17, 15) is 9.59 Å². The fraction of sp³-hybridized carbons (Fsp3) is 0.273. The minimum atomic E-state index is -0.551. The highest BCUT2D eigenvalue weighted by molar-refractivity contribution is 6.02. The Hall–Kier alpha value is -1.88. The summed E-state index contributed by atoms with van der Waals surface area (Å²) in [7, 11) is 1.77. The Morgan fingerprint density at radius 3 is 2.62 bits per heavy atom. The summed E-state index contributed by atoms with van der Waals surface area (Å²) in [5.41, 5.74) is 5.96. The molecule has 0 bridgehead atoms. The highest BCUT2D eigenvalue weighted by atomic mass is 16.2. The van der Waals surface area contributed by atoms with Crippen molar-refractivity contribution in [2.45, 2.75) is 6.42 Å². The van der Waals surface area contributed by atoms with Gasteiger partial charge in [0.05, 0.1) is 11.3 Å². The summed E-state index contributed by atoms with van der Waals surface area (Å²) in [5, 5.41) is 5.52. The molecule has 0 heterocycles. The maximum absolute atomic E-state index is 11.4. The van der Waals surface area contributed by atoms with E-state index in [1.54, 1.807) is 31.3 Å². The molecule has 5 nitrogen and oxygen atoms in total. The maximum atomic E-state index is 11.4.